The monoisotopic (exact) mass is 334 g/mol. The summed E-state index contributed by atoms with van der Waals surface area (Å²) in [5.41, 5.74) is 4.74. The van der Waals surface area contributed by atoms with E-state index in [9.17, 15) is 4.79 Å². The Labute approximate surface area is 147 Å². The third-order valence-corrected chi connectivity index (χ3v) is 5.01. The van der Waals surface area contributed by atoms with Gasteiger partial charge < -0.3 is 15.2 Å². The number of aryl methyl sites for hydroxylation is 2. The summed E-state index contributed by atoms with van der Waals surface area (Å²) in [5.74, 6) is 0.867. The predicted octanol–water partition coefficient (Wildman–Crippen LogP) is 4.03. The maximum atomic E-state index is 12.6. The molecular formula is C20H22N4O. The topological polar surface area (TPSA) is 61.0 Å². The van der Waals surface area contributed by atoms with Crippen molar-refractivity contribution in [2.24, 2.45) is 0 Å². The number of nitrogens with one attached hydrogen (secondary N) is 2. The van der Waals surface area contributed by atoms with Gasteiger partial charge in [-0.25, -0.2) is 4.98 Å². The van der Waals surface area contributed by atoms with Crippen LogP contribution in [0.2, 0.25) is 0 Å². The molecule has 3 aromatic rings. The second-order valence-electron chi connectivity index (χ2n) is 6.69. The maximum Gasteiger partial charge on any atom is 0.255 e. The average molecular weight is 334 g/mol. The molecule has 1 aliphatic heterocycles. The standard InChI is InChI=1S/C20H22N4O/c1-13-14(2)22-18-7-5-15(11-17(13)18)20(25)23-16-6-8-19(21-12-16)24-9-3-4-10-24/h5-8,11-12,22H,3-4,9-10H2,1-2H3,(H,23,25). The smallest absolute Gasteiger partial charge is 0.255 e. The molecule has 0 radical (unpaired) electrons. The lowest BCUT2D eigenvalue weighted by Gasteiger charge is -2.16. The van der Waals surface area contributed by atoms with Crippen molar-refractivity contribution in [3.63, 3.8) is 0 Å². The first-order valence-electron chi connectivity index (χ1n) is 8.73. The quantitative estimate of drug-likeness (QED) is 0.760. The van der Waals surface area contributed by atoms with Crippen LogP contribution in [0.5, 0.6) is 0 Å². The van der Waals surface area contributed by atoms with Gasteiger partial charge in [0.05, 0.1) is 11.9 Å². The zero-order chi connectivity index (χ0) is 17.4. The van der Waals surface area contributed by atoms with Crippen molar-refractivity contribution in [1.82, 2.24) is 9.97 Å². The number of fused-ring (bicyclic) bond motifs is 1. The molecule has 128 valence electrons. The zero-order valence-corrected chi connectivity index (χ0v) is 14.6. The Morgan fingerprint density at radius 2 is 1.96 bits per heavy atom. The van der Waals surface area contributed by atoms with Crippen LogP contribution in [0.1, 0.15) is 34.5 Å². The van der Waals surface area contributed by atoms with Crippen LogP contribution in [0.3, 0.4) is 0 Å². The van der Waals surface area contributed by atoms with Gasteiger partial charge in [-0.3, -0.25) is 4.79 Å². The maximum absolute atomic E-state index is 12.6. The van der Waals surface area contributed by atoms with Gasteiger partial charge in [0.1, 0.15) is 5.82 Å². The minimum Gasteiger partial charge on any atom is -0.358 e. The molecule has 0 unspecified atom stereocenters. The number of hydrogen-bond donors (Lipinski definition) is 2. The largest absolute Gasteiger partial charge is 0.358 e. The molecule has 2 aromatic heterocycles. The lowest BCUT2D eigenvalue weighted by atomic mass is 10.1. The van der Waals surface area contributed by atoms with Gasteiger partial charge in [0.15, 0.2) is 0 Å². The molecule has 0 atom stereocenters. The Morgan fingerprint density at radius 1 is 1.16 bits per heavy atom. The van der Waals surface area contributed by atoms with E-state index in [-0.39, 0.29) is 5.91 Å². The number of H-pyrrole nitrogens is 1. The van der Waals surface area contributed by atoms with Gasteiger partial charge in [-0.05, 0) is 62.6 Å². The number of amides is 1. The van der Waals surface area contributed by atoms with E-state index in [1.807, 2.05) is 37.3 Å². The van der Waals surface area contributed by atoms with Crippen LogP contribution >= 0.6 is 0 Å². The fraction of sp³-hybridized carbons (Fsp3) is 0.300. The fourth-order valence-corrected chi connectivity index (χ4v) is 3.40. The van der Waals surface area contributed by atoms with Crippen molar-refractivity contribution < 1.29 is 4.79 Å². The fourth-order valence-electron chi connectivity index (χ4n) is 3.40. The van der Waals surface area contributed by atoms with Crippen LogP contribution < -0.4 is 10.2 Å². The summed E-state index contributed by atoms with van der Waals surface area (Å²) in [6, 6.07) is 9.64. The minimum absolute atomic E-state index is 0.115. The molecule has 3 heterocycles. The van der Waals surface area contributed by atoms with Gasteiger partial charge in [0.25, 0.3) is 5.91 Å². The van der Waals surface area contributed by atoms with Gasteiger partial charge in [-0.15, -0.1) is 0 Å². The normalized spacial score (nSPS) is 14.2. The number of nitrogens with zero attached hydrogens (tertiary/aromatic N) is 2. The molecule has 5 heteroatoms. The van der Waals surface area contributed by atoms with E-state index in [0.29, 0.717) is 5.56 Å². The van der Waals surface area contributed by atoms with Crippen molar-refractivity contribution >= 4 is 28.3 Å². The van der Waals surface area contributed by atoms with Crippen molar-refractivity contribution in [3.05, 3.63) is 53.3 Å². The van der Waals surface area contributed by atoms with E-state index in [1.165, 1.54) is 18.4 Å². The van der Waals surface area contributed by atoms with Crippen LogP contribution in [0.15, 0.2) is 36.5 Å². The average Bonchev–Trinajstić information content (AvgIpc) is 3.25. The molecule has 2 N–H and O–H groups in total. The summed E-state index contributed by atoms with van der Waals surface area (Å²) >= 11 is 0. The first-order chi connectivity index (χ1) is 12.1. The molecule has 0 bridgehead atoms. The van der Waals surface area contributed by atoms with E-state index < -0.39 is 0 Å². The molecule has 0 spiro atoms. The number of rotatable bonds is 3. The van der Waals surface area contributed by atoms with E-state index in [0.717, 1.165) is 41.2 Å². The van der Waals surface area contributed by atoms with Crippen molar-refractivity contribution in [2.45, 2.75) is 26.7 Å². The van der Waals surface area contributed by atoms with Crippen molar-refractivity contribution in [2.75, 3.05) is 23.3 Å². The Hall–Kier alpha value is -2.82. The number of benzene rings is 1. The number of carbonyl (C=O) groups is 1. The third kappa shape index (κ3) is 2.97. The van der Waals surface area contributed by atoms with Gasteiger partial charge in [-0.2, -0.15) is 0 Å². The van der Waals surface area contributed by atoms with Crippen molar-refractivity contribution in [1.29, 1.82) is 0 Å². The van der Waals surface area contributed by atoms with E-state index >= 15 is 0 Å². The van der Waals surface area contributed by atoms with E-state index in [1.54, 1.807) is 6.20 Å². The summed E-state index contributed by atoms with van der Waals surface area (Å²) in [6.07, 6.45) is 4.18. The van der Waals surface area contributed by atoms with Gasteiger partial charge in [-0.1, -0.05) is 0 Å². The highest BCUT2D eigenvalue weighted by atomic mass is 16.1. The highest BCUT2D eigenvalue weighted by molar-refractivity contribution is 6.06. The van der Waals surface area contributed by atoms with Gasteiger partial charge in [0.2, 0.25) is 0 Å². The highest BCUT2D eigenvalue weighted by Gasteiger charge is 2.14. The molecule has 1 aliphatic rings. The van der Waals surface area contributed by atoms with Crippen LogP contribution in [-0.2, 0) is 0 Å². The first kappa shape index (κ1) is 15.7. The Morgan fingerprint density at radius 3 is 2.68 bits per heavy atom. The van der Waals surface area contributed by atoms with Crippen molar-refractivity contribution in [3.8, 4) is 0 Å². The SMILES string of the molecule is Cc1[nH]c2ccc(C(=O)Nc3ccc(N4CCCC4)nc3)cc2c1C. The van der Waals surface area contributed by atoms with E-state index in [2.05, 4.69) is 27.1 Å². The van der Waals surface area contributed by atoms with Crippen LogP contribution in [-0.4, -0.2) is 29.0 Å². The summed E-state index contributed by atoms with van der Waals surface area (Å²) in [5, 5.41) is 4.03. The summed E-state index contributed by atoms with van der Waals surface area (Å²) < 4.78 is 0. The van der Waals surface area contributed by atoms with Gasteiger partial charge in [0, 0.05) is 35.2 Å². The lowest BCUT2D eigenvalue weighted by molar-refractivity contribution is 0.102. The predicted molar refractivity (Wildman–Crippen MR) is 101 cm³/mol. The number of carbonyl (C=O) groups excluding carboxylic acids is 1. The van der Waals surface area contributed by atoms with Gasteiger partial charge >= 0.3 is 0 Å². The lowest BCUT2D eigenvalue weighted by Crippen LogP contribution is -2.19. The molecule has 0 saturated carbocycles. The Kier molecular flexibility index (Phi) is 3.92. The number of pyridine rings is 1. The highest BCUT2D eigenvalue weighted by Crippen LogP contribution is 2.23. The molecule has 1 aromatic carbocycles. The number of anilines is 2. The Balaban J connectivity index is 1.52. The molecule has 5 nitrogen and oxygen atoms in total. The third-order valence-electron chi connectivity index (χ3n) is 5.01. The van der Waals surface area contributed by atoms with Crippen LogP contribution in [0.25, 0.3) is 10.9 Å². The number of aromatic amines is 1. The molecule has 4 rings (SSSR count). The second-order valence-corrected chi connectivity index (χ2v) is 6.69. The van der Waals surface area contributed by atoms with Crippen LogP contribution in [0, 0.1) is 13.8 Å². The molecule has 25 heavy (non-hydrogen) atoms. The second kappa shape index (κ2) is 6.24. The molecule has 0 aliphatic carbocycles. The first-order valence-corrected chi connectivity index (χ1v) is 8.73. The zero-order valence-electron chi connectivity index (χ0n) is 14.6. The molecule has 1 amide bonds. The Bertz CT molecular complexity index is 921. The molecule has 1 saturated heterocycles. The number of hydrogen-bond acceptors (Lipinski definition) is 3. The summed E-state index contributed by atoms with van der Waals surface area (Å²) in [6.45, 7) is 6.24. The molecular weight excluding hydrogens is 312 g/mol. The van der Waals surface area contributed by atoms with Crippen LogP contribution in [0.4, 0.5) is 11.5 Å². The summed E-state index contributed by atoms with van der Waals surface area (Å²) in [4.78, 5) is 22.6. The number of aromatic nitrogens is 2. The summed E-state index contributed by atoms with van der Waals surface area (Å²) in [7, 11) is 0. The minimum atomic E-state index is -0.115. The molecule has 1 fully saturated rings. The van der Waals surface area contributed by atoms with E-state index in [4.69, 9.17) is 0 Å².